The first-order chi connectivity index (χ1) is 10.3. The lowest BCUT2D eigenvalue weighted by Crippen LogP contribution is -2.08. The Bertz CT molecular complexity index is 699. The Balaban J connectivity index is 2.38. The van der Waals surface area contributed by atoms with E-state index in [2.05, 4.69) is 4.98 Å². The summed E-state index contributed by atoms with van der Waals surface area (Å²) in [4.78, 5) is 22.6. The second-order valence-corrected chi connectivity index (χ2v) is 6.67. The topological polar surface area (TPSA) is 99.9 Å². The van der Waals surface area contributed by atoms with Gasteiger partial charge in [-0.3, -0.25) is 9.55 Å². The molecular weight excluding hydrogens is 305 g/mol. The Morgan fingerprint density at radius 2 is 1.86 bits per heavy atom. The molecule has 0 saturated carbocycles. The van der Waals surface area contributed by atoms with Crippen molar-refractivity contribution in [3.05, 3.63) is 58.9 Å². The fourth-order valence-electron chi connectivity index (χ4n) is 2.10. The molecule has 7 heteroatoms. The highest BCUT2D eigenvalue weighted by Gasteiger charge is 2.33. The summed E-state index contributed by atoms with van der Waals surface area (Å²) in [5.74, 6) is -1.72. The van der Waals surface area contributed by atoms with Crippen LogP contribution in [0.3, 0.4) is 0 Å². The third-order valence-corrected chi connectivity index (χ3v) is 4.15. The number of hydrogen-bond donors (Lipinski definition) is 3. The molecule has 0 amide bonds. The van der Waals surface area contributed by atoms with E-state index in [4.69, 9.17) is 4.74 Å². The average molecular weight is 323 g/mol. The van der Waals surface area contributed by atoms with E-state index in [-0.39, 0.29) is 17.9 Å². The summed E-state index contributed by atoms with van der Waals surface area (Å²) >= 11 is 0. The fourth-order valence-corrected chi connectivity index (χ4v) is 2.75. The molecule has 0 aliphatic heterocycles. The molecule has 0 bridgehead atoms. The lowest BCUT2D eigenvalue weighted by Gasteiger charge is -2.20. The largest absolute Gasteiger partial charge is 0.487 e. The Hall–Kier alpha value is -1.72. The maximum Gasteiger partial charge on any atom is 0.358 e. The van der Waals surface area contributed by atoms with Gasteiger partial charge < -0.3 is 19.6 Å². The standard InChI is InChI=1S/C15H18NO5P/c1-10-8-16-11(2)14(13(10)15(17)22(18,19)20)21-9-12-6-4-3-5-7-12/h3-8,15,17H,9H2,1-2H3,(H2,18,19,20). The number of aryl methyl sites for hydroxylation is 2. The Morgan fingerprint density at radius 1 is 1.23 bits per heavy atom. The van der Waals surface area contributed by atoms with Crippen molar-refractivity contribution in [2.75, 3.05) is 0 Å². The molecule has 1 atom stereocenters. The van der Waals surface area contributed by atoms with Gasteiger partial charge in [-0.25, -0.2) is 0 Å². The van der Waals surface area contributed by atoms with Crippen LogP contribution in [0.25, 0.3) is 0 Å². The quantitative estimate of drug-likeness (QED) is 0.731. The lowest BCUT2D eigenvalue weighted by molar-refractivity contribution is 0.196. The molecule has 0 spiro atoms. The monoisotopic (exact) mass is 323 g/mol. The number of rotatable bonds is 5. The van der Waals surface area contributed by atoms with Crippen LogP contribution in [0.4, 0.5) is 0 Å². The molecule has 2 aromatic rings. The molecule has 0 radical (unpaired) electrons. The van der Waals surface area contributed by atoms with Crippen molar-refractivity contribution in [1.29, 1.82) is 0 Å². The van der Waals surface area contributed by atoms with Crippen molar-refractivity contribution in [3.8, 4) is 5.75 Å². The number of aliphatic hydroxyl groups is 1. The van der Waals surface area contributed by atoms with Crippen molar-refractivity contribution in [3.63, 3.8) is 0 Å². The van der Waals surface area contributed by atoms with Crippen LogP contribution in [0.15, 0.2) is 36.5 Å². The zero-order valence-electron chi connectivity index (χ0n) is 12.3. The number of ether oxygens (including phenoxy) is 1. The average Bonchev–Trinajstić information content (AvgIpc) is 2.47. The molecule has 6 nitrogen and oxygen atoms in total. The van der Waals surface area contributed by atoms with Crippen LogP contribution in [0, 0.1) is 13.8 Å². The molecule has 0 saturated heterocycles. The van der Waals surface area contributed by atoms with Gasteiger partial charge in [-0.05, 0) is 25.0 Å². The van der Waals surface area contributed by atoms with Gasteiger partial charge >= 0.3 is 7.60 Å². The van der Waals surface area contributed by atoms with Gasteiger partial charge in [0.25, 0.3) is 0 Å². The predicted molar refractivity (Wildman–Crippen MR) is 81.5 cm³/mol. The van der Waals surface area contributed by atoms with Crippen LogP contribution >= 0.6 is 7.60 Å². The SMILES string of the molecule is Cc1cnc(C)c(OCc2ccccc2)c1C(O)P(=O)(O)O. The normalized spacial score (nSPS) is 13.0. The van der Waals surface area contributed by atoms with E-state index in [0.717, 1.165) is 5.56 Å². The summed E-state index contributed by atoms with van der Waals surface area (Å²) in [5, 5.41) is 9.97. The number of pyridine rings is 1. The molecule has 2 rings (SSSR count). The Morgan fingerprint density at radius 3 is 2.45 bits per heavy atom. The van der Waals surface area contributed by atoms with Crippen molar-refractivity contribution in [1.82, 2.24) is 4.98 Å². The van der Waals surface area contributed by atoms with Gasteiger partial charge in [0.2, 0.25) is 0 Å². The number of aliphatic hydroxyl groups excluding tert-OH is 1. The van der Waals surface area contributed by atoms with Gasteiger partial charge in [-0.2, -0.15) is 0 Å². The molecule has 1 unspecified atom stereocenters. The van der Waals surface area contributed by atoms with E-state index >= 15 is 0 Å². The molecular formula is C15H18NO5P. The highest BCUT2D eigenvalue weighted by atomic mass is 31.2. The molecule has 1 aromatic heterocycles. The van der Waals surface area contributed by atoms with Gasteiger partial charge in [-0.1, -0.05) is 30.3 Å². The van der Waals surface area contributed by atoms with E-state index in [1.165, 1.54) is 6.20 Å². The predicted octanol–water partition coefficient (Wildman–Crippen LogP) is 2.45. The van der Waals surface area contributed by atoms with Crippen LogP contribution in [-0.2, 0) is 11.2 Å². The maximum atomic E-state index is 11.4. The molecule has 0 aliphatic rings. The smallest absolute Gasteiger partial charge is 0.358 e. The van der Waals surface area contributed by atoms with Crippen molar-refractivity contribution < 1.29 is 24.2 Å². The van der Waals surface area contributed by atoms with Crippen molar-refractivity contribution >= 4 is 7.60 Å². The van der Waals surface area contributed by atoms with E-state index in [9.17, 15) is 19.5 Å². The fraction of sp³-hybridized carbons (Fsp3) is 0.267. The number of aromatic nitrogens is 1. The van der Waals surface area contributed by atoms with E-state index in [1.807, 2.05) is 30.3 Å². The summed E-state index contributed by atoms with van der Waals surface area (Å²) in [7, 11) is -4.70. The first-order valence-electron chi connectivity index (χ1n) is 6.67. The molecule has 0 aliphatic carbocycles. The molecule has 22 heavy (non-hydrogen) atoms. The van der Waals surface area contributed by atoms with Gasteiger partial charge in [0.1, 0.15) is 12.4 Å². The van der Waals surface area contributed by atoms with Crippen LogP contribution < -0.4 is 4.74 Å². The summed E-state index contributed by atoms with van der Waals surface area (Å²) in [5.41, 5.74) is 1.91. The summed E-state index contributed by atoms with van der Waals surface area (Å²) in [6, 6.07) is 9.36. The Kier molecular flexibility index (Phi) is 4.98. The first kappa shape index (κ1) is 16.6. The van der Waals surface area contributed by atoms with Crippen molar-refractivity contribution in [2.24, 2.45) is 0 Å². The second kappa shape index (κ2) is 6.58. The molecule has 118 valence electrons. The molecule has 1 heterocycles. The number of nitrogens with zero attached hydrogens (tertiary/aromatic N) is 1. The summed E-state index contributed by atoms with van der Waals surface area (Å²) in [6.07, 6.45) is 1.46. The van der Waals surface area contributed by atoms with E-state index in [1.54, 1.807) is 13.8 Å². The summed E-state index contributed by atoms with van der Waals surface area (Å²) in [6.45, 7) is 3.50. The number of hydrogen-bond acceptors (Lipinski definition) is 4. The zero-order valence-corrected chi connectivity index (χ0v) is 13.2. The van der Waals surface area contributed by atoms with Crippen LogP contribution in [0.1, 0.15) is 28.2 Å². The summed E-state index contributed by atoms with van der Waals surface area (Å²) < 4.78 is 17.1. The van der Waals surface area contributed by atoms with E-state index < -0.39 is 13.4 Å². The number of benzene rings is 1. The van der Waals surface area contributed by atoms with Gasteiger partial charge in [-0.15, -0.1) is 0 Å². The maximum absolute atomic E-state index is 11.4. The molecule has 0 fully saturated rings. The minimum absolute atomic E-state index is 0.0803. The highest BCUT2D eigenvalue weighted by Crippen LogP contribution is 2.53. The van der Waals surface area contributed by atoms with E-state index in [0.29, 0.717) is 11.3 Å². The second-order valence-electron chi connectivity index (χ2n) is 5.01. The highest BCUT2D eigenvalue weighted by molar-refractivity contribution is 7.51. The lowest BCUT2D eigenvalue weighted by atomic mass is 10.1. The van der Waals surface area contributed by atoms with Crippen LogP contribution in [0.2, 0.25) is 0 Å². The zero-order chi connectivity index (χ0) is 16.3. The Labute approximate surface area is 128 Å². The first-order valence-corrected chi connectivity index (χ1v) is 8.35. The molecule has 3 N–H and O–H groups in total. The molecule has 1 aromatic carbocycles. The van der Waals surface area contributed by atoms with Crippen LogP contribution in [-0.4, -0.2) is 19.9 Å². The minimum atomic E-state index is -4.70. The van der Waals surface area contributed by atoms with Crippen molar-refractivity contribution in [2.45, 2.75) is 26.3 Å². The van der Waals surface area contributed by atoms with Gasteiger partial charge in [0, 0.05) is 11.8 Å². The third-order valence-electron chi connectivity index (χ3n) is 3.25. The van der Waals surface area contributed by atoms with Gasteiger partial charge in [0.15, 0.2) is 5.85 Å². The third kappa shape index (κ3) is 3.72. The van der Waals surface area contributed by atoms with Gasteiger partial charge in [0.05, 0.1) is 5.69 Å². The van der Waals surface area contributed by atoms with Crippen LogP contribution in [0.5, 0.6) is 5.75 Å². The minimum Gasteiger partial charge on any atom is -0.487 e.